The van der Waals surface area contributed by atoms with Crippen LogP contribution in [0.3, 0.4) is 0 Å². The molecule has 0 aliphatic carbocycles. The van der Waals surface area contributed by atoms with Gasteiger partial charge in [-0.1, -0.05) is 6.92 Å². The Morgan fingerprint density at radius 3 is 2.47 bits per heavy atom. The van der Waals surface area contributed by atoms with E-state index in [0.29, 0.717) is 5.92 Å². The zero-order valence-electron chi connectivity index (χ0n) is 10.4. The Morgan fingerprint density at radius 2 is 2.00 bits per heavy atom. The summed E-state index contributed by atoms with van der Waals surface area (Å²) >= 11 is 0. The summed E-state index contributed by atoms with van der Waals surface area (Å²) in [5.74, 6) is -0.460. The molecule has 0 spiro atoms. The molecule has 1 saturated heterocycles. The highest BCUT2D eigenvalue weighted by atomic mass is 35.5. The molecule has 0 aromatic heterocycles. The fraction of sp³-hybridized carbons (Fsp3) is 0.900. The summed E-state index contributed by atoms with van der Waals surface area (Å²) in [6.07, 6.45) is 2.06. The molecule has 1 aliphatic heterocycles. The molecule has 0 aromatic rings. The molecule has 1 heterocycles. The Morgan fingerprint density at radius 1 is 1.41 bits per heavy atom. The highest BCUT2D eigenvalue weighted by Gasteiger charge is 2.29. The first-order valence-corrected chi connectivity index (χ1v) is 7.56. The Kier molecular flexibility index (Phi) is 6.43. The van der Waals surface area contributed by atoms with Crippen molar-refractivity contribution in [2.45, 2.75) is 32.4 Å². The van der Waals surface area contributed by atoms with Crippen LogP contribution in [-0.4, -0.2) is 45.0 Å². The van der Waals surface area contributed by atoms with Crippen molar-refractivity contribution >= 4 is 28.2 Å². The number of carbonyl (C=O) groups excluding carboxylic acids is 1. The molecule has 17 heavy (non-hydrogen) atoms. The molecule has 1 aliphatic rings. The summed E-state index contributed by atoms with van der Waals surface area (Å²) in [7, 11) is -3.24. The summed E-state index contributed by atoms with van der Waals surface area (Å²) in [5, 5.41) is 6.06. The normalized spacial score (nSPS) is 29.2. The van der Waals surface area contributed by atoms with Crippen LogP contribution in [0.1, 0.15) is 20.3 Å². The molecule has 1 rings (SSSR count). The number of hydrogen-bond acceptors (Lipinski definition) is 4. The molecule has 102 valence electrons. The molecular weight excluding hydrogens is 264 g/mol. The minimum Gasteiger partial charge on any atom is -0.351 e. The number of halogens is 1. The maximum Gasteiger partial charge on any atom is 0.235 e. The summed E-state index contributed by atoms with van der Waals surface area (Å²) in [6, 6.07) is 0.204. The molecule has 3 unspecified atom stereocenters. The zero-order chi connectivity index (χ0) is 12.3. The minimum absolute atomic E-state index is 0. The topological polar surface area (TPSA) is 75.3 Å². The fourth-order valence-electron chi connectivity index (χ4n) is 2.07. The van der Waals surface area contributed by atoms with E-state index in [1.54, 1.807) is 0 Å². The van der Waals surface area contributed by atoms with Gasteiger partial charge in [0.05, 0.1) is 0 Å². The van der Waals surface area contributed by atoms with Crippen LogP contribution in [-0.2, 0) is 14.6 Å². The molecule has 0 aromatic carbocycles. The lowest BCUT2D eigenvalue weighted by molar-refractivity contribution is -0.120. The van der Waals surface area contributed by atoms with Crippen LogP contribution in [0.2, 0.25) is 0 Å². The molecule has 1 amide bonds. The van der Waals surface area contributed by atoms with Crippen LogP contribution in [0.25, 0.3) is 0 Å². The van der Waals surface area contributed by atoms with Gasteiger partial charge in [0.1, 0.15) is 5.75 Å². The summed E-state index contributed by atoms with van der Waals surface area (Å²) in [6.45, 7) is 5.02. The molecule has 2 N–H and O–H groups in total. The molecule has 1 fully saturated rings. The van der Waals surface area contributed by atoms with Crippen molar-refractivity contribution in [3.8, 4) is 0 Å². The van der Waals surface area contributed by atoms with Gasteiger partial charge in [0.25, 0.3) is 0 Å². The molecule has 0 radical (unpaired) electrons. The Labute approximate surface area is 109 Å². The first-order valence-electron chi connectivity index (χ1n) is 5.50. The number of hydrogen-bond donors (Lipinski definition) is 2. The Hall–Kier alpha value is -0.330. The third-order valence-electron chi connectivity index (χ3n) is 2.94. The van der Waals surface area contributed by atoms with Gasteiger partial charge in [-0.15, -0.1) is 12.4 Å². The monoisotopic (exact) mass is 284 g/mol. The second kappa shape index (κ2) is 6.56. The quantitative estimate of drug-likeness (QED) is 0.762. The van der Waals surface area contributed by atoms with Crippen LogP contribution in [0.15, 0.2) is 0 Å². The summed E-state index contributed by atoms with van der Waals surface area (Å²) in [4.78, 5) is 11.5. The molecule has 5 nitrogen and oxygen atoms in total. The third-order valence-corrected chi connectivity index (χ3v) is 3.73. The van der Waals surface area contributed by atoms with Crippen LogP contribution in [0.5, 0.6) is 0 Å². The van der Waals surface area contributed by atoms with Crippen molar-refractivity contribution in [2.75, 3.05) is 18.6 Å². The third kappa shape index (κ3) is 5.70. The SMILES string of the molecule is CC1CCNC(C)C1NC(=O)CS(C)(=O)=O.Cl. The van der Waals surface area contributed by atoms with Crippen molar-refractivity contribution in [3.63, 3.8) is 0 Å². The van der Waals surface area contributed by atoms with Crippen LogP contribution in [0.4, 0.5) is 0 Å². The zero-order valence-corrected chi connectivity index (χ0v) is 12.0. The van der Waals surface area contributed by atoms with E-state index in [4.69, 9.17) is 0 Å². The van der Waals surface area contributed by atoms with Gasteiger partial charge in [-0.25, -0.2) is 8.42 Å². The van der Waals surface area contributed by atoms with Crippen LogP contribution < -0.4 is 10.6 Å². The standard InChI is InChI=1S/C10H20N2O3S.ClH/c1-7-4-5-11-8(2)10(7)12-9(13)6-16(3,14)15;/h7-8,10-11H,4-6H2,1-3H3,(H,12,13);1H. The van der Waals surface area contributed by atoms with Crippen molar-refractivity contribution in [3.05, 3.63) is 0 Å². The van der Waals surface area contributed by atoms with E-state index < -0.39 is 21.5 Å². The highest BCUT2D eigenvalue weighted by molar-refractivity contribution is 7.91. The fourth-order valence-corrected chi connectivity index (χ4v) is 2.63. The number of nitrogens with one attached hydrogen (secondary N) is 2. The van der Waals surface area contributed by atoms with E-state index in [1.165, 1.54) is 0 Å². The van der Waals surface area contributed by atoms with Gasteiger partial charge in [0.2, 0.25) is 5.91 Å². The molecular formula is C10H21ClN2O3S. The second-order valence-electron chi connectivity index (χ2n) is 4.67. The van der Waals surface area contributed by atoms with E-state index in [-0.39, 0.29) is 24.5 Å². The van der Waals surface area contributed by atoms with Gasteiger partial charge in [0.15, 0.2) is 9.84 Å². The van der Waals surface area contributed by atoms with Gasteiger partial charge in [-0.05, 0) is 25.8 Å². The van der Waals surface area contributed by atoms with E-state index in [2.05, 4.69) is 17.6 Å². The second-order valence-corrected chi connectivity index (χ2v) is 6.81. The van der Waals surface area contributed by atoms with Gasteiger partial charge < -0.3 is 10.6 Å². The number of rotatable bonds is 3. The van der Waals surface area contributed by atoms with Crippen LogP contribution in [0, 0.1) is 5.92 Å². The first kappa shape index (κ1) is 16.7. The van der Waals surface area contributed by atoms with Gasteiger partial charge >= 0.3 is 0 Å². The highest BCUT2D eigenvalue weighted by Crippen LogP contribution is 2.15. The molecule has 0 bridgehead atoms. The summed E-state index contributed by atoms with van der Waals surface area (Å²) < 4.78 is 21.9. The van der Waals surface area contributed by atoms with E-state index in [9.17, 15) is 13.2 Å². The lowest BCUT2D eigenvalue weighted by Gasteiger charge is -2.35. The Bertz CT molecular complexity index is 349. The van der Waals surface area contributed by atoms with E-state index in [1.807, 2.05) is 6.92 Å². The van der Waals surface area contributed by atoms with Gasteiger partial charge in [0, 0.05) is 18.3 Å². The Balaban J connectivity index is 0.00000256. The molecule has 0 saturated carbocycles. The summed E-state index contributed by atoms with van der Waals surface area (Å²) in [5.41, 5.74) is 0. The number of sulfone groups is 1. The molecule has 3 atom stereocenters. The van der Waals surface area contributed by atoms with Gasteiger partial charge in [-0.3, -0.25) is 4.79 Å². The van der Waals surface area contributed by atoms with E-state index in [0.717, 1.165) is 19.2 Å². The number of carbonyl (C=O) groups is 1. The first-order chi connectivity index (χ1) is 7.29. The number of piperidine rings is 1. The number of amides is 1. The largest absolute Gasteiger partial charge is 0.351 e. The average molecular weight is 285 g/mol. The maximum atomic E-state index is 11.5. The van der Waals surface area contributed by atoms with E-state index >= 15 is 0 Å². The van der Waals surface area contributed by atoms with Crippen molar-refractivity contribution in [2.24, 2.45) is 5.92 Å². The van der Waals surface area contributed by atoms with Crippen LogP contribution >= 0.6 is 12.4 Å². The van der Waals surface area contributed by atoms with Crippen molar-refractivity contribution in [1.29, 1.82) is 0 Å². The molecule has 7 heteroatoms. The lowest BCUT2D eigenvalue weighted by atomic mass is 9.89. The maximum absolute atomic E-state index is 11.5. The lowest BCUT2D eigenvalue weighted by Crippen LogP contribution is -2.56. The van der Waals surface area contributed by atoms with Crippen molar-refractivity contribution in [1.82, 2.24) is 10.6 Å². The minimum atomic E-state index is -3.24. The predicted octanol–water partition coefficient (Wildman–Crippen LogP) is -0.0445. The predicted molar refractivity (Wildman–Crippen MR) is 70.1 cm³/mol. The average Bonchev–Trinajstić information content (AvgIpc) is 2.08. The smallest absolute Gasteiger partial charge is 0.235 e. The van der Waals surface area contributed by atoms with Crippen molar-refractivity contribution < 1.29 is 13.2 Å². The van der Waals surface area contributed by atoms with Gasteiger partial charge in [-0.2, -0.15) is 0 Å².